The molecule has 3 unspecified atom stereocenters. The highest BCUT2D eigenvalue weighted by molar-refractivity contribution is 7.80. The van der Waals surface area contributed by atoms with E-state index in [1.807, 2.05) is 0 Å². The number of nitrogens with one attached hydrogen (secondary N) is 3. The molecule has 0 aromatic carbocycles. The molecule has 1 heterocycles. The number of nitrogens with zero attached hydrogens (tertiary/aromatic N) is 1. The number of rotatable bonds is 9. The predicted octanol–water partition coefficient (Wildman–Crippen LogP) is -1.08. The number of H-pyrrole nitrogens is 1. The van der Waals surface area contributed by atoms with Gasteiger partial charge in [-0.2, -0.15) is 12.6 Å². The summed E-state index contributed by atoms with van der Waals surface area (Å²) in [7, 11) is 0. The minimum absolute atomic E-state index is 0.0721. The summed E-state index contributed by atoms with van der Waals surface area (Å²) in [5, 5.41) is 13.9. The topological polar surface area (TPSA) is 150 Å². The van der Waals surface area contributed by atoms with E-state index in [0.29, 0.717) is 5.69 Å². The fourth-order valence-corrected chi connectivity index (χ4v) is 2.10. The molecule has 10 heteroatoms. The van der Waals surface area contributed by atoms with Gasteiger partial charge in [-0.15, -0.1) is 0 Å². The highest BCUT2D eigenvalue weighted by atomic mass is 32.1. The largest absolute Gasteiger partial charge is 0.480 e. The van der Waals surface area contributed by atoms with Crippen LogP contribution in [0.25, 0.3) is 0 Å². The fraction of sp³-hybridized carbons (Fsp3) is 0.571. The van der Waals surface area contributed by atoms with E-state index in [4.69, 9.17) is 10.8 Å². The third-order valence-corrected chi connectivity index (χ3v) is 3.80. The number of imidazole rings is 1. The van der Waals surface area contributed by atoms with Crippen molar-refractivity contribution in [1.82, 2.24) is 20.6 Å². The molecule has 0 fully saturated rings. The van der Waals surface area contributed by atoms with Gasteiger partial charge in [0.2, 0.25) is 11.8 Å². The summed E-state index contributed by atoms with van der Waals surface area (Å²) in [6.45, 7) is 3.57. The number of thiol groups is 1. The molecule has 9 nitrogen and oxygen atoms in total. The molecule has 3 atom stereocenters. The molecular formula is C14H23N5O4S. The van der Waals surface area contributed by atoms with Gasteiger partial charge in [-0.05, 0) is 5.92 Å². The van der Waals surface area contributed by atoms with Crippen molar-refractivity contribution in [3.05, 3.63) is 18.2 Å². The molecule has 0 spiro atoms. The zero-order valence-corrected chi connectivity index (χ0v) is 14.4. The maximum absolute atomic E-state index is 12.4. The van der Waals surface area contributed by atoms with Crippen LogP contribution in [0.4, 0.5) is 0 Å². The monoisotopic (exact) mass is 357 g/mol. The van der Waals surface area contributed by atoms with Crippen LogP contribution in [0.15, 0.2) is 12.5 Å². The summed E-state index contributed by atoms with van der Waals surface area (Å²) in [6, 6.07) is -2.91. The number of carbonyl (C=O) groups excluding carboxylic acids is 2. The van der Waals surface area contributed by atoms with Crippen molar-refractivity contribution in [2.45, 2.75) is 38.4 Å². The Balaban J connectivity index is 2.86. The number of carboxylic acids is 1. The van der Waals surface area contributed by atoms with Gasteiger partial charge in [0.25, 0.3) is 0 Å². The van der Waals surface area contributed by atoms with Crippen molar-refractivity contribution in [2.24, 2.45) is 11.7 Å². The summed E-state index contributed by atoms with van der Waals surface area (Å²) in [5.74, 6) is -2.50. The predicted molar refractivity (Wildman–Crippen MR) is 90.5 cm³/mol. The first kappa shape index (κ1) is 20.0. The number of nitrogens with two attached hydrogens (primary N) is 1. The van der Waals surface area contributed by atoms with Gasteiger partial charge in [0.1, 0.15) is 12.1 Å². The van der Waals surface area contributed by atoms with Crippen molar-refractivity contribution in [2.75, 3.05) is 5.75 Å². The molecule has 0 aliphatic rings. The lowest BCUT2D eigenvalue weighted by atomic mass is 10.0. The van der Waals surface area contributed by atoms with Crippen molar-refractivity contribution in [1.29, 1.82) is 0 Å². The third-order valence-electron chi connectivity index (χ3n) is 3.43. The number of hydrogen-bond donors (Lipinski definition) is 6. The molecule has 1 aromatic heterocycles. The summed E-state index contributed by atoms with van der Waals surface area (Å²) in [4.78, 5) is 42.2. The molecule has 24 heavy (non-hydrogen) atoms. The van der Waals surface area contributed by atoms with E-state index in [-0.39, 0.29) is 18.1 Å². The average molecular weight is 357 g/mol. The second kappa shape index (κ2) is 9.28. The summed E-state index contributed by atoms with van der Waals surface area (Å²) in [5.41, 5.74) is 6.40. The Morgan fingerprint density at radius 1 is 1.29 bits per heavy atom. The second-order valence-corrected chi connectivity index (χ2v) is 6.06. The summed E-state index contributed by atoms with van der Waals surface area (Å²) >= 11 is 3.90. The van der Waals surface area contributed by atoms with Gasteiger partial charge in [-0.3, -0.25) is 9.59 Å². The molecule has 0 aliphatic heterocycles. The molecule has 134 valence electrons. The number of carbonyl (C=O) groups is 3. The van der Waals surface area contributed by atoms with Gasteiger partial charge in [0, 0.05) is 24.1 Å². The van der Waals surface area contributed by atoms with Gasteiger partial charge < -0.3 is 26.5 Å². The highest BCUT2D eigenvalue weighted by Gasteiger charge is 2.28. The number of aromatic nitrogens is 2. The van der Waals surface area contributed by atoms with Crippen molar-refractivity contribution >= 4 is 30.4 Å². The van der Waals surface area contributed by atoms with Gasteiger partial charge in [-0.25, -0.2) is 9.78 Å². The molecule has 1 rings (SSSR count). The SMILES string of the molecule is CC(C)C(N)C(=O)NC(Cc1cnc[nH]1)C(=O)NC(CS)C(=O)O. The zero-order chi connectivity index (χ0) is 18.3. The van der Waals surface area contributed by atoms with E-state index in [2.05, 4.69) is 33.2 Å². The minimum atomic E-state index is -1.20. The molecule has 0 radical (unpaired) electrons. The smallest absolute Gasteiger partial charge is 0.327 e. The molecule has 2 amide bonds. The van der Waals surface area contributed by atoms with E-state index in [1.165, 1.54) is 12.5 Å². The van der Waals surface area contributed by atoms with E-state index in [0.717, 1.165) is 0 Å². The Morgan fingerprint density at radius 3 is 2.38 bits per heavy atom. The van der Waals surface area contributed by atoms with Crippen molar-refractivity contribution < 1.29 is 19.5 Å². The molecule has 0 aliphatic carbocycles. The number of amides is 2. The molecule has 0 bridgehead atoms. The minimum Gasteiger partial charge on any atom is -0.480 e. The number of aliphatic carboxylic acids is 1. The Morgan fingerprint density at radius 2 is 1.92 bits per heavy atom. The standard InChI is InChI=1S/C14H23N5O4S/c1-7(2)11(15)13(21)18-9(3-8-4-16-6-17-8)12(20)19-10(5-24)14(22)23/h4,6-7,9-11,24H,3,5,15H2,1-2H3,(H,16,17)(H,18,21)(H,19,20)(H,22,23). The van der Waals surface area contributed by atoms with Crippen LogP contribution in [0, 0.1) is 5.92 Å². The van der Waals surface area contributed by atoms with E-state index in [1.54, 1.807) is 13.8 Å². The van der Waals surface area contributed by atoms with Crippen LogP contribution in [0.5, 0.6) is 0 Å². The van der Waals surface area contributed by atoms with Crippen LogP contribution in [-0.4, -0.2) is 56.7 Å². The Bertz CT molecular complexity index is 564. The van der Waals surface area contributed by atoms with E-state index < -0.39 is 35.9 Å². The number of aromatic amines is 1. The number of hydrogen-bond acceptors (Lipinski definition) is 6. The van der Waals surface area contributed by atoms with Crippen molar-refractivity contribution in [3.8, 4) is 0 Å². The average Bonchev–Trinajstić information content (AvgIpc) is 3.03. The van der Waals surface area contributed by atoms with Crippen LogP contribution >= 0.6 is 12.6 Å². The lowest BCUT2D eigenvalue weighted by Crippen LogP contribution is -2.56. The second-order valence-electron chi connectivity index (χ2n) is 5.69. The van der Waals surface area contributed by atoms with E-state index >= 15 is 0 Å². The molecule has 1 aromatic rings. The summed E-state index contributed by atoms with van der Waals surface area (Å²) in [6.07, 6.45) is 3.09. The maximum atomic E-state index is 12.4. The van der Waals surface area contributed by atoms with Gasteiger partial charge in [0.15, 0.2) is 0 Å². The Kier molecular flexibility index (Phi) is 7.72. The molecular weight excluding hydrogens is 334 g/mol. The third kappa shape index (κ3) is 5.85. The van der Waals surface area contributed by atoms with Crippen LogP contribution in [0.2, 0.25) is 0 Å². The highest BCUT2D eigenvalue weighted by Crippen LogP contribution is 2.03. The Hall–Kier alpha value is -2.07. The summed E-state index contributed by atoms with van der Waals surface area (Å²) < 4.78 is 0. The first-order chi connectivity index (χ1) is 11.3. The fourth-order valence-electron chi connectivity index (χ4n) is 1.85. The van der Waals surface area contributed by atoms with Gasteiger partial charge >= 0.3 is 5.97 Å². The Labute approximate surface area is 145 Å². The molecule has 0 saturated heterocycles. The van der Waals surface area contributed by atoms with Gasteiger partial charge in [0.05, 0.1) is 12.4 Å². The maximum Gasteiger partial charge on any atom is 0.327 e. The van der Waals surface area contributed by atoms with Crippen LogP contribution in [0.3, 0.4) is 0 Å². The van der Waals surface area contributed by atoms with Crippen molar-refractivity contribution in [3.63, 3.8) is 0 Å². The van der Waals surface area contributed by atoms with E-state index in [9.17, 15) is 14.4 Å². The quantitative estimate of drug-likeness (QED) is 0.309. The van der Waals surface area contributed by atoms with Gasteiger partial charge in [-0.1, -0.05) is 13.8 Å². The first-order valence-electron chi connectivity index (χ1n) is 7.43. The lowest BCUT2D eigenvalue weighted by molar-refractivity contribution is -0.141. The van der Waals surface area contributed by atoms with Crippen LogP contribution in [0.1, 0.15) is 19.5 Å². The normalized spacial score (nSPS) is 14.7. The first-order valence-corrected chi connectivity index (χ1v) is 8.06. The molecule has 0 saturated carbocycles. The van der Waals surface area contributed by atoms with Crippen LogP contribution < -0.4 is 16.4 Å². The lowest BCUT2D eigenvalue weighted by Gasteiger charge is -2.23. The number of carboxylic acid groups (broad SMARTS) is 1. The van der Waals surface area contributed by atoms with Crippen LogP contribution in [-0.2, 0) is 20.8 Å². The molecule has 6 N–H and O–H groups in total. The zero-order valence-electron chi connectivity index (χ0n) is 13.5.